The van der Waals surface area contributed by atoms with Crippen LogP contribution in [0.15, 0.2) is 24.3 Å². The van der Waals surface area contributed by atoms with Gasteiger partial charge in [0.2, 0.25) is 0 Å². The molecule has 90 valence electrons. The second kappa shape index (κ2) is 5.15. The summed E-state index contributed by atoms with van der Waals surface area (Å²) in [6.07, 6.45) is 8.50. The van der Waals surface area contributed by atoms with Gasteiger partial charge < -0.3 is 10.2 Å². The van der Waals surface area contributed by atoms with Crippen molar-refractivity contribution < 1.29 is 10.2 Å². The van der Waals surface area contributed by atoms with Crippen LogP contribution in [0.3, 0.4) is 0 Å². The first-order valence-corrected chi connectivity index (χ1v) is 6.34. The number of rotatable bonds is 5. The molecule has 0 spiro atoms. The molecule has 2 rings (SSSR count). The van der Waals surface area contributed by atoms with Crippen LogP contribution in [0.5, 0.6) is 0 Å². The predicted molar refractivity (Wildman–Crippen MR) is 64.9 cm³/mol. The fraction of sp³-hybridized carbons (Fsp3) is 0.714. The van der Waals surface area contributed by atoms with E-state index in [9.17, 15) is 0 Å². The molecule has 4 atom stereocenters. The van der Waals surface area contributed by atoms with Gasteiger partial charge in [0.1, 0.15) is 0 Å². The van der Waals surface area contributed by atoms with Gasteiger partial charge in [0, 0.05) is 13.2 Å². The molecule has 4 unspecified atom stereocenters. The van der Waals surface area contributed by atoms with Gasteiger partial charge in [-0.1, -0.05) is 17.7 Å². The first-order chi connectivity index (χ1) is 7.80. The van der Waals surface area contributed by atoms with Crippen LogP contribution in [0.1, 0.15) is 25.7 Å². The molecule has 0 radical (unpaired) electrons. The molecule has 16 heavy (non-hydrogen) atoms. The summed E-state index contributed by atoms with van der Waals surface area (Å²) in [5.74, 6) is 2.54. The lowest BCUT2D eigenvalue weighted by atomic mass is 9.88. The van der Waals surface area contributed by atoms with Crippen LogP contribution in [-0.2, 0) is 0 Å². The highest BCUT2D eigenvalue weighted by Gasteiger charge is 2.43. The second-order valence-electron chi connectivity index (χ2n) is 5.15. The van der Waals surface area contributed by atoms with Crippen molar-refractivity contribution in [2.45, 2.75) is 25.7 Å². The molecular formula is C14H22O2. The Morgan fingerprint density at radius 2 is 2.19 bits per heavy atom. The maximum atomic E-state index is 9.09. The molecule has 0 aromatic rings. The van der Waals surface area contributed by atoms with Crippen molar-refractivity contribution in [2.24, 2.45) is 23.7 Å². The van der Waals surface area contributed by atoms with Gasteiger partial charge in [-0.25, -0.2) is 0 Å². The highest BCUT2D eigenvalue weighted by Crippen LogP contribution is 2.51. The van der Waals surface area contributed by atoms with Gasteiger partial charge >= 0.3 is 0 Å². The van der Waals surface area contributed by atoms with Gasteiger partial charge in [-0.2, -0.15) is 0 Å². The summed E-state index contributed by atoms with van der Waals surface area (Å²) in [4.78, 5) is 0. The van der Waals surface area contributed by atoms with Crippen LogP contribution < -0.4 is 0 Å². The Bertz CT molecular complexity index is 282. The molecule has 0 aromatic heterocycles. The molecule has 1 saturated carbocycles. The summed E-state index contributed by atoms with van der Waals surface area (Å²) in [5, 5.41) is 18.1. The van der Waals surface area contributed by atoms with Crippen LogP contribution in [0.4, 0.5) is 0 Å². The first kappa shape index (κ1) is 11.9. The van der Waals surface area contributed by atoms with Gasteiger partial charge in [-0.3, -0.25) is 0 Å². The van der Waals surface area contributed by atoms with E-state index in [1.165, 1.54) is 12.0 Å². The molecule has 2 heteroatoms. The van der Waals surface area contributed by atoms with Crippen molar-refractivity contribution in [2.75, 3.05) is 13.2 Å². The summed E-state index contributed by atoms with van der Waals surface area (Å²) < 4.78 is 0. The Morgan fingerprint density at radius 3 is 2.81 bits per heavy atom. The van der Waals surface area contributed by atoms with E-state index in [1.807, 2.05) is 0 Å². The number of aliphatic hydroxyl groups excluding tert-OH is 2. The molecular weight excluding hydrogens is 200 g/mol. The number of allylic oxidation sites excluding steroid dienone is 2. The number of hydrogen-bond acceptors (Lipinski definition) is 2. The SMILES string of the molecule is C=CC1CC(CCO)C2C=C(CCO)CC12. The van der Waals surface area contributed by atoms with Crippen molar-refractivity contribution in [1.82, 2.24) is 0 Å². The van der Waals surface area contributed by atoms with Crippen LogP contribution in [0.2, 0.25) is 0 Å². The van der Waals surface area contributed by atoms with Crippen molar-refractivity contribution in [3.05, 3.63) is 24.3 Å². The summed E-state index contributed by atoms with van der Waals surface area (Å²) >= 11 is 0. The minimum Gasteiger partial charge on any atom is -0.396 e. The highest BCUT2D eigenvalue weighted by molar-refractivity contribution is 5.20. The van der Waals surface area contributed by atoms with Gasteiger partial charge in [0.25, 0.3) is 0 Å². The molecule has 2 aliphatic carbocycles. The lowest BCUT2D eigenvalue weighted by molar-refractivity contribution is 0.241. The fourth-order valence-corrected chi connectivity index (χ4v) is 3.58. The van der Waals surface area contributed by atoms with E-state index in [0.717, 1.165) is 19.3 Å². The average molecular weight is 222 g/mol. The maximum Gasteiger partial charge on any atom is 0.0468 e. The zero-order valence-electron chi connectivity index (χ0n) is 9.81. The molecule has 0 aromatic carbocycles. The molecule has 0 aliphatic heterocycles. The summed E-state index contributed by atoms with van der Waals surface area (Å²) in [6.45, 7) is 4.48. The Balaban J connectivity index is 2.07. The summed E-state index contributed by atoms with van der Waals surface area (Å²) in [5.41, 5.74) is 1.41. The third-order valence-electron chi connectivity index (χ3n) is 4.33. The predicted octanol–water partition coefficient (Wildman–Crippen LogP) is 2.14. The fourth-order valence-electron chi connectivity index (χ4n) is 3.58. The molecule has 2 aliphatic rings. The zero-order valence-corrected chi connectivity index (χ0v) is 9.81. The number of hydrogen-bond donors (Lipinski definition) is 2. The zero-order chi connectivity index (χ0) is 11.5. The van der Waals surface area contributed by atoms with Gasteiger partial charge in [-0.15, -0.1) is 6.58 Å². The minimum absolute atomic E-state index is 0.259. The van der Waals surface area contributed by atoms with Crippen molar-refractivity contribution in [1.29, 1.82) is 0 Å². The Kier molecular flexibility index (Phi) is 3.82. The standard InChI is InChI=1S/C14H22O2/c1-2-11-9-12(4-6-16)14-8-10(3-5-15)7-13(11)14/h2,8,11-16H,1,3-7,9H2. The van der Waals surface area contributed by atoms with E-state index in [1.54, 1.807) is 0 Å². The van der Waals surface area contributed by atoms with Crippen LogP contribution in [-0.4, -0.2) is 23.4 Å². The normalized spacial score (nSPS) is 37.2. The van der Waals surface area contributed by atoms with E-state index in [0.29, 0.717) is 30.3 Å². The van der Waals surface area contributed by atoms with Gasteiger partial charge in [-0.05, 0) is 49.4 Å². The quantitative estimate of drug-likeness (QED) is 0.700. The van der Waals surface area contributed by atoms with E-state index >= 15 is 0 Å². The van der Waals surface area contributed by atoms with Gasteiger partial charge in [0.05, 0.1) is 0 Å². The largest absolute Gasteiger partial charge is 0.396 e. The summed E-state index contributed by atoms with van der Waals surface area (Å²) in [7, 11) is 0. The molecule has 2 nitrogen and oxygen atoms in total. The van der Waals surface area contributed by atoms with Crippen LogP contribution >= 0.6 is 0 Å². The van der Waals surface area contributed by atoms with Crippen molar-refractivity contribution >= 4 is 0 Å². The molecule has 0 heterocycles. The van der Waals surface area contributed by atoms with Crippen LogP contribution in [0.25, 0.3) is 0 Å². The summed E-state index contributed by atoms with van der Waals surface area (Å²) in [6, 6.07) is 0. The van der Waals surface area contributed by atoms with E-state index in [4.69, 9.17) is 10.2 Å². The van der Waals surface area contributed by atoms with E-state index in [-0.39, 0.29) is 6.61 Å². The molecule has 1 fully saturated rings. The first-order valence-electron chi connectivity index (χ1n) is 6.34. The molecule has 2 N–H and O–H groups in total. The lowest BCUT2D eigenvalue weighted by Crippen LogP contribution is -2.11. The Hall–Kier alpha value is -0.600. The molecule has 0 amide bonds. The molecule has 0 bridgehead atoms. The Morgan fingerprint density at radius 1 is 1.38 bits per heavy atom. The monoisotopic (exact) mass is 222 g/mol. The topological polar surface area (TPSA) is 40.5 Å². The Labute approximate surface area is 97.7 Å². The van der Waals surface area contributed by atoms with Crippen molar-refractivity contribution in [3.8, 4) is 0 Å². The number of aliphatic hydroxyl groups is 2. The smallest absolute Gasteiger partial charge is 0.0468 e. The second-order valence-corrected chi connectivity index (χ2v) is 5.15. The average Bonchev–Trinajstić information content (AvgIpc) is 2.80. The van der Waals surface area contributed by atoms with Crippen LogP contribution in [0, 0.1) is 23.7 Å². The minimum atomic E-state index is 0.259. The third kappa shape index (κ3) is 2.09. The third-order valence-corrected chi connectivity index (χ3v) is 4.33. The van der Waals surface area contributed by atoms with Gasteiger partial charge in [0.15, 0.2) is 0 Å². The highest BCUT2D eigenvalue weighted by atomic mass is 16.3. The lowest BCUT2D eigenvalue weighted by Gasteiger charge is -2.16. The van der Waals surface area contributed by atoms with E-state index < -0.39 is 0 Å². The molecule has 0 saturated heterocycles. The maximum absolute atomic E-state index is 9.09. The van der Waals surface area contributed by atoms with Crippen molar-refractivity contribution in [3.63, 3.8) is 0 Å². The number of fused-ring (bicyclic) bond motifs is 1. The van der Waals surface area contributed by atoms with E-state index in [2.05, 4.69) is 18.7 Å².